The molecule has 0 saturated heterocycles. The van der Waals surface area contributed by atoms with E-state index in [1.54, 1.807) is 14.2 Å². The molecule has 0 bridgehead atoms. The topological polar surface area (TPSA) is 40.0 Å². The van der Waals surface area contributed by atoms with Crippen LogP contribution < -0.4 is 14.2 Å². The molecular formula is C24H27NO3. The average Bonchev–Trinajstić information content (AvgIpc) is 2.67. The van der Waals surface area contributed by atoms with Gasteiger partial charge in [0, 0.05) is 29.2 Å². The molecule has 0 radical (unpaired) electrons. The SMILES string of the molecule is COc1ccc(N=C2CC(C)(C)CC3=C2[C@@H](C)c2cc(OC)ccc2O3)cc1. The van der Waals surface area contributed by atoms with Crippen LogP contribution >= 0.6 is 0 Å². The van der Waals surface area contributed by atoms with Gasteiger partial charge in [-0.1, -0.05) is 20.8 Å². The molecule has 0 N–H and O–H groups in total. The summed E-state index contributed by atoms with van der Waals surface area (Å²) in [6.07, 6.45) is 1.84. The summed E-state index contributed by atoms with van der Waals surface area (Å²) in [5.74, 6) is 3.87. The Kier molecular flexibility index (Phi) is 4.66. The number of fused-ring (bicyclic) bond motifs is 1. The summed E-state index contributed by atoms with van der Waals surface area (Å²) in [4.78, 5) is 5.03. The van der Waals surface area contributed by atoms with Crippen molar-refractivity contribution < 1.29 is 14.2 Å². The molecule has 1 atom stereocenters. The fourth-order valence-electron chi connectivity index (χ4n) is 4.17. The molecule has 1 heterocycles. The van der Waals surface area contributed by atoms with Crippen molar-refractivity contribution in [1.82, 2.24) is 0 Å². The van der Waals surface area contributed by atoms with Crippen LogP contribution in [0.5, 0.6) is 17.2 Å². The van der Waals surface area contributed by atoms with Crippen molar-refractivity contribution in [3.8, 4) is 17.2 Å². The van der Waals surface area contributed by atoms with Gasteiger partial charge in [0.05, 0.1) is 19.9 Å². The zero-order valence-corrected chi connectivity index (χ0v) is 17.2. The second kappa shape index (κ2) is 7.01. The summed E-state index contributed by atoms with van der Waals surface area (Å²) in [7, 11) is 3.37. The van der Waals surface area contributed by atoms with Gasteiger partial charge in [0.15, 0.2) is 0 Å². The van der Waals surface area contributed by atoms with Crippen molar-refractivity contribution >= 4 is 11.4 Å². The molecule has 28 heavy (non-hydrogen) atoms. The maximum Gasteiger partial charge on any atom is 0.131 e. The standard InChI is InChI=1S/C24H27NO3/c1-15-19-12-18(27-5)10-11-21(19)28-22-14-24(2,3)13-20(23(15)22)25-16-6-8-17(26-4)9-7-16/h6-12,15H,13-14H2,1-5H3/t15-/m0/s1. The van der Waals surface area contributed by atoms with Gasteiger partial charge in [0.25, 0.3) is 0 Å². The molecule has 2 aliphatic rings. The monoisotopic (exact) mass is 377 g/mol. The van der Waals surface area contributed by atoms with E-state index in [0.29, 0.717) is 0 Å². The Labute approximate surface area is 166 Å². The highest BCUT2D eigenvalue weighted by molar-refractivity contribution is 6.05. The Bertz CT molecular complexity index is 954. The van der Waals surface area contributed by atoms with Crippen LogP contribution in [-0.4, -0.2) is 19.9 Å². The van der Waals surface area contributed by atoms with Crippen LogP contribution in [0.1, 0.15) is 45.1 Å². The van der Waals surface area contributed by atoms with Crippen LogP contribution in [0.2, 0.25) is 0 Å². The van der Waals surface area contributed by atoms with E-state index in [2.05, 4.69) is 26.8 Å². The molecule has 0 amide bonds. The van der Waals surface area contributed by atoms with Gasteiger partial charge in [0.2, 0.25) is 0 Å². The molecule has 0 spiro atoms. The average molecular weight is 377 g/mol. The lowest BCUT2D eigenvalue weighted by Gasteiger charge is -2.39. The van der Waals surface area contributed by atoms with Crippen molar-refractivity contribution in [2.45, 2.75) is 39.5 Å². The number of rotatable bonds is 3. The summed E-state index contributed by atoms with van der Waals surface area (Å²) in [6, 6.07) is 13.9. The summed E-state index contributed by atoms with van der Waals surface area (Å²) in [5.41, 5.74) is 4.52. The third-order valence-electron chi connectivity index (χ3n) is 5.58. The minimum Gasteiger partial charge on any atom is -0.497 e. The summed E-state index contributed by atoms with van der Waals surface area (Å²) in [6.45, 7) is 6.79. The van der Waals surface area contributed by atoms with E-state index in [4.69, 9.17) is 19.2 Å². The molecule has 0 saturated carbocycles. The predicted octanol–water partition coefficient (Wildman–Crippen LogP) is 6.05. The van der Waals surface area contributed by atoms with Crippen LogP contribution in [0, 0.1) is 5.41 Å². The minimum atomic E-state index is 0.105. The molecule has 0 unspecified atom stereocenters. The zero-order chi connectivity index (χ0) is 19.9. The van der Waals surface area contributed by atoms with E-state index in [-0.39, 0.29) is 11.3 Å². The molecule has 2 aromatic rings. The first-order valence-electron chi connectivity index (χ1n) is 9.71. The van der Waals surface area contributed by atoms with Gasteiger partial charge < -0.3 is 14.2 Å². The molecule has 1 aliphatic carbocycles. The Morgan fingerprint density at radius 3 is 2.32 bits per heavy atom. The molecule has 0 fully saturated rings. The van der Waals surface area contributed by atoms with Crippen LogP contribution in [0.25, 0.3) is 0 Å². The smallest absolute Gasteiger partial charge is 0.131 e. The molecular weight excluding hydrogens is 350 g/mol. The zero-order valence-electron chi connectivity index (χ0n) is 17.2. The fraction of sp³-hybridized carbons (Fsp3) is 0.375. The van der Waals surface area contributed by atoms with E-state index in [9.17, 15) is 0 Å². The van der Waals surface area contributed by atoms with Gasteiger partial charge in [-0.2, -0.15) is 0 Å². The Balaban J connectivity index is 1.79. The quantitative estimate of drug-likeness (QED) is 0.654. The summed E-state index contributed by atoms with van der Waals surface area (Å²) in [5, 5.41) is 0. The predicted molar refractivity (Wildman–Crippen MR) is 112 cm³/mol. The van der Waals surface area contributed by atoms with Gasteiger partial charge in [0.1, 0.15) is 23.0 Å². The lowest BCUT2D eigenvalue weighted by atomic mass is 9.71. The second-order valence-electron chi connectivity index (χ2n) is 8.34. The molecule has 1 aliphatic heterocycles. The maximum absolute atomic E-state index is 6.37. The van der Waals surface area contributed by atoms with Gasteiger partial charge in [-0.05, 0) is 54.3 Å². The van der Waals surface area contributed by atoms with Crippen molar-refractivity contribution in [3.05, 3.63) is 59.4 Å². The molecule has 4 rings (SSSR count). The van der Waals surface area contributed by atoms with Crippen molar-refractivity contribution in [2.75, 3.05) is 14.2 Å². The highest BCUT2D eigenvalue weighted by Gasteiger charge is 2.38. The fourth-order valence-corrected chi connectivity index (χ4v) is 4.17. The lowest BCUT2D eigenvalue weighted by molar-refractivity contribution is 0.277. The lowest BCUT2D eigenvalue weighted by Crippen LogP contribution is -2.32. The molecule has 4 nitrogen and oxygen atoms in total. The van der Waals surface area contributed by atoms with E-state index in [1.807, 2.05) is 36.4 Å². The number of ether oxygens (including phenoxy) is 3. The van der Waals surface area contributed by atoms with E-state index in [0.717, 1.165) is 52.8 Å². The Morgan fingerprint density at radius 2 is 1.64 bits per heavy atom. The molecule has 4 heteroatoms. The third-order valence-corrected chi connectivity index (χ3v) is 5.58. The number of benzene rings is 2. The van der Waals surface area contributed by atoms with Crippen LogP contribution in [0.15, 0.2) is 58.8 Å². The first-order valence-corrected chi connectivity index (χ1v) is 9.71. The minimum absolute atomic E-state index is 0.105. The van der Waals surface area contributed by atoms with Gasteiger partial charge in [-0.15, -0.1) is 0 Å². The van der Waals surface area contributed by atoms with Crippen molar-refractivity contribution in [2.24, 2.45) is 10.4 Å². The molecule has 146 valence electrons. The van der Waals surface area contributed by atoms with Crippen molar-refractivity contribution in [1.29, 1.82) is 0 Å². The largest absolute Gasteiger partial charge is 0.497 e. The number of aliphatic imine (C=N–C) groups is 1. The van der Waals surface area contributed by atoms with Crippen LogP contribution in [0.4, 0.5) is 5.69 Å². The van der Waals surface area contributed by atoms with E-state index >= 15 is 0 Å². The van der Waals surface area contributed by atoms with E-state index in [1.165, 1.54) is 5.57 Å². The first kappa shape index (κ1) is 18.6. The number of hydrogen-bond acceptors (Lipinski definition) is 4. The van der Waals surface area contributed by atoms with Crippen LogP contribution in [-0.2, 0) is 0 Å². The normalized spacial score (nSPS) is 21.6. The second-order valence-corrected chi connectivity index (χ2v) is 8.34. The van der Waals surface area contributed by atoms with E-state index < -0.39 is 0 Å². The Morgan fingerprint density at radius 1 is 0.964 bits per heavy atom. The van der Waals surface area contributed by atoms with Gasteiger partial charge in [-0.25, -0.2) is 0 Å². The highest BCUT2D eigenvalue weighted by Crippen LogP contribution is 2.49. The number of hydrogen-bond donors (Lipinski definition) is 0. The number of methoxy groups -OCH3 is 2. The van der Waals surface area contributed by atoms with Crippen molar-refractivity contribution in [3.63, 3.8) is 0 Å². The van der Waals surface area contributed by atoms with Crippen LogP contribution in [0.3, 0.4) is 0 Å². The van der Waals surface area contributed by atoms with Gasteiger partial charge in [-0.3, -0.25) is 4.99 Å². The van der Waals surface area contributed by atoms with Gasteiger partial charge >= 0.3 is 0 Å². The highest BCUT2D eigenvalue weighted by atomic mass is 16.5. The molecule has 0 aromatic heterocycles. The Hall–Kier alpha value is -2.75. The first-order chi connectivity index (χ1) is 13.4. The number of allylic oxidation sites excluding steroid dienone is 2. The maximum atomic E-state index is 6.37. The summed E-state index contributed by atoms with van der Waals surface area (Å²) < 4.78 is 17.1. The summed E-state index contributed by atoms with van der Waals surface area (Å²) >= 11 is 0. The number of nitrogens with zero attached hydrogens (tertiary/aromatic N) is 1. The molecule has 2 aromatic carbocycles. The third kappa shape index (κ3) is 3.39.